The number of nitrogens with zero attached hydrogens (tertiary/aromatic N) is 3. The van der Waals surface area contributed by atoms with E-state index in [0.717, 1.165) is 51.1 Å². The molecule has 118 valence electrons. The summed E-state index contributed by atoms with van der Waals surface area (Å²) in [5.74, 6) is 0.418. The van der Waals surface area contributed by atoms with E-state index in [-0.39, 0.29) is 6.10 Å². The number of rotatable bonds is 4. The molecule has 5 nitrogen and oxygen atoms in total. The van der Waals surface area contributed by atoms with Crippen LogP contribution in [-0.2, 0) is 19.6 Å². The fourth-order valence-electron chi connectivity index (χ4n) is 3.47. The van der Waals surface area contributed by atoms with Crippen LogP contribution in [-0.4, -0.2) is 26.3 Å². The fraction of sp³-hybridized carbons (Fsp3) is 0.588. The second kappa shape index (κ2) is 5.89. The standard InChI is InChI=1S/C17H23N3O2/c21-17(14-3-1-4-14)16-9-15-11-19(6-2-7-20(15)18-16)10-13-5-8-22-12-13/h5,8-9,12,14,17,21H,1-4,6-7,10-11H2. The van der Waals surface area contributed by atoms with Gasteiger partial charge < -0.3 is 9.52 Å². The van der Waals surface area contributed by atoms with E-state index < -0.39 is 0 Å². The highest BCUT2D eigenvalue weighted by atomic mass is 16.3. The number of aryl methyl sites for hydroxylation is 1. The Labute approximate surface area is 130 Å². The Kier molecular flexibility index (Phi) is 3.76. The molecule has 0 aromatic carbocycles. The van der Waals surface area contributed by atoms with E-state index in [0.29, 0.717) is 5.92 Å². The van der Waals surface area contributed by atoms with Gasteiger partial charge in [-0.15, -0.1) is 0 Å². The molecule has 0 amide bonds. The van der Waals surface area contributed by atoms with Gasteiger partial charge in [-0.2, -0.15) is 5.10 Å². The minimum absolute atomic E-state index is 0.379. The maximum atomic E-state index is 10.4. The molecule has 1 atom stereocenters. The van der Waals surface area contributed by atoms with Crippen molar-refractivity contribution in [1.29, 1.82) is 0 Å². The molecule has 2 aromatic rings. The third-order valence-electron chi connectivity index (χ3n) is 5.00. The average molecular weight is 301 g/mol. The summed E-state index contributed by atoms with van der Waals surface area (Å²) >= 11 is 0. The monoisotopic (exact) mass is 301 g/mol. The smallest absolute Gasteiger partial charge is 0.101 e. The highest BCUT2D eigenvalue weighted by Crippen LogP contribution is 2.37. The van der Waals surface area contributed by atoms with Gasteiger partial charge in [-0.05, 0) is 37.3 Å². The Morgan fingerprint density at radius 2 is 2.23 bits per heavy atom. The topological polar surface area (TPSA) is 54.4 Å². The molecule has 5 heteroatoms. The van der Waals surface area contributed by atoms with E-state index in [2.05, 4.69) is 20.7 Å². The van der Waals surface area contributed by atoms with Crippen LogP contribution < -0.4 is 0 Å². The number of aromatic nitrogens is 2. The molecule has 2 aliphatic rings. The van der Waals surface area contributed by atoms with Crippen LogP contribution in [0.25, 0.3) is 0 Å². The molecular formula is C17H23N3O2. The molecule has 0 bridgehead atoms. The van der Waals surface area contributed by atoms with Crippen LogP contribution >= 0.6 is 0 Å². The van der Waals surface area contributed by atoms with Gasteiger partial charge in [0.2, 0.25) is 0 Å². The van der Waals surface area contributed by atoms with E-state index in [1.54, 1.807) is 6.26 Å². The zero-order valence-electron chi connectivity index (χ0n) is 12.8. The van der Waals surface area contributed by atoms with Gasteiger partial charge in [0.1, 0.15) is 6.10 Å². The van der Waals surface area contributed by atoms with E-state index >= 15 is 0 Å². The van der Waals surface area contributed by atoms with Crippen LogP contribution in [0.3, 0.4) is 0 Å². The second-order valence-electron chi connectivity index (χ2n) is 6.62. The summed E-state index contributed by atoms with van der Waals surface area (Å²) in [6.45, 7) is 3.79. The molecule has 1 N–H and O–H groups in total. The number of aliphatic hydroxyl groups excluding tert-OH is 1. The zero-order chi connectivity index (χ0) is 14.9. The molecule has 0 spiro atoms. The van der Waals surface area contributed by atoms with E-state index in [1.807, 2.05) is 12.3 Å². The number of furan rings is 1. The lowest BCUT2D eigenvalue weighted by atomic mass is 9.80. The summed E-state index contributed by atoms with van der Waals surface area (Å²) in [4.78, 5) is 2.42. The van der Waals surface area contributed by atoms with Gasteiger partial charge >= 0.3 is 0 Å². The minimum Gasteiger partial charge on any atom is -0.472 e. The molecule has 1 aliphatic heterocycles. The molecule has 0 radical (unpaired) electrons. The first-order chi connectivity index (χ1) is 10.8. The van der Waals surface area contributed by atoms with Gasteiger partial charge in [-0.1, -0.05) is 6.42 Å². The Morgan fingerprint density at radius 3 is 2.95 bits per heavy atom. The fourth-order valence-corrected chi connectivity index (χ4v) is 3.47. The van der Waals surface area contributed by atoms with Crippen LogP contribution in [0.4, 0.5) is 0 Å². The molecule has 2 aromatic heterocycles. The van der Waals surface area contributed by atoms with Crippen molar-refractivity contribution in [3.05, 3.63) is 41.6 Å². The molecule has 0 saturated heterocycles. The van der Waals surface area contributed by atoms with Crippen molar-refractivity contribution in [2.75, 3.05) is 6.54 Å². The summed E-state index contributed by atoms with van der Waals surface area (Å²) in [5.41, 5.74) is 3.29. The highest BCUT2D eigenvalue weighted by Gasteiger charge is 2.29. The van der Waals surface area contributed by atoms with Crippen molar-refractivity contribution in [3.8, 4) is 0 Å². The lowest BCUT2D eigenvalue weighted by Crippen LogP contribution is -2.22. The van der Waals surface area contributed by atoms with E-state index in [4.69, 9.17) is 4.42 Å². The number of aliphatic hydroxyl groups is 1. The number of hydrogen-bond acceptors (Lipinski definition) is 4. The third-order valence-corrected chi connectivity index (χ3v) is 5.00. The first kappa shape index (κ1) is 14.0. The third kappa shape index (κ3) is 2.71. The van der Waals surface area contributed by atoms with Gasteiger partial charge in [-0.3, -0.25) is 9.58 Å². The first-order valence-corrected chi connectivity index (χ1v) is 8.28. The maximum Gasteiger partial charge on any atom is 0.101 e. The molecule has 1 aliphatic carbocycles. The Morgan fingerprint density at radius 1 is 1.32 bits per heavy atom. The molecule has 1 fully saturated rings. The van der Waals surface area contributed by atoms with E-state index in [9.17, 15) is 5.11 Å². The van der Waals surface area contributed by atoms with Crippen LogP contribution in [0.15, 0.2) is 29.1 Å². The van der Waals surface area contributed by atoms with Gasteiger partial charge in [0.25, 0.3) is 0 Å². The van der Waals surface area contributed by atoms with Crippen LogP contribution in [0.2, 0.25) is 0 Å². The summed E-state index contributed by atoms with van der Waals surface area (Å²) < 4.78 is 7.25. The number of fused-ring (bicyclic) bond motifs is 1. The lowest BCUT2D eigenvalue weighted by molar-refractivity contribution is 0.0581. The molecule has 22 heavy (non-hydrogen) atoms. The maximum absolute atomic E-state index is 10.4. The zero-order valence-corrected chi connectivity index (χ0v) is 12.8. The first-order valence-electron chi connectivity index (χ1n) is 8.28. The average Bonchev–Trinajstić information content (AvgIpc) is 3.04. The van der Waals surface area contributed by atoms with Crippen LogP contribution in [0.5, 0.6) is 0 Å². The Bertz CT molecular complexity index is 616. The van der Waals surface area contributed by atoms with Crippen molar-refractivity contribution in [2.24, 2.45) is 5.92 Å². The predicted molar refractivity (Wildman–Crippen MR) is 82.0 cm³/mol. The predicted octanol–water partition coefficient (Wildman–Crippen LogP) is 2.72. The molecule has 1 saturated carbocycles. The van der Waals surface area contributed by atoms with Gasteiger partial charge in [0, 0.05) is 31.7 Å². The summed E-state index contributed by atoms with van der Waals surface area (Å²) in [6, 6.07) is 4.13. The summed E-state index contributed by atoms with van der Waals surface area (Å²) in [7, 11) is 0. The lowest BCUT2D eigenvalue weighted by Gasteiger charge is -2.29. The largest absolute Gasteiger partial charge is 0.472 e. The summed E-state index contributed by atoms with van der Waals surface area (Å²) in [6.07, 6.45) is 7.76. The molecule has 4 rings (SSSR count). The SMILES string of the molecule is OC(c1cc2n(n1)CCCN(Cc1ccoc1)C2)C1CCC1. The highest BCUT2D eigenvalue weighted by molar-refractivity contribution is 5.15. The molecule has 1 unspecified atom stereocenters. The Balaban J connectivity index is 1.49. The quantitative estimate of drug-likeness (QED) is 0.943. The van der Waals surface area contributed by atoms with Gasteiger partial charge in [-0.25, -0.2) is 0 Å². The minimum atomic E-state index is -0.379. The van der Waals surface area contributed by atoms with Crippen molar-refractivity contribution in [1.82, 2.24) is 14.7 Å². The summed E-state index contributed by atoms with van der Waals surface area (Å²) in [5, 5.41) is 15.1. The van der Waals surface area contributed by atoms with Crippen LogP contribution in [0.1, 0.15) is 48.7 Å². The molecule has 3 heterocycles. The molecular weight excluding hydrogens is 278 g/mol. The Hall–Kier alpha value is -1.59. The van der Waals surface area contributed by atoms with Crippen molar-refractivity contribution in [2.45, 2.75) is 51.4 Å². The van der Waals surface area contributed by atoms with E-state index in [1.165, 1.54) is 17.7 Å². The number of hydrogen-bond donors (Lipinski definition) is 1. The van der Waals surface area contributed by atoms with Crippen molar-refractivity contribution in [3.63, 3.8) is 0 Å². The second-order valence-corrected chi connectivity index (χ2v) is 6.62. The van der Waals surface area contributed by atoms with Gasteiger partial charge in [0.15, 0.2) is 0 Å². The normalized spacial score (nSPS) is 21.1. The van der Waals surface area contributed by atoms with Crippen molar-refractivity contribution >= 4 is 0 Å². The van der Waals surface area contributed by atoms with Gasteiger partial charge in [0.05, 0.1) is 23.9 Å². The van der Waals surface area contributed by atoms with Crippen LogP contribution in [0, 0.1) is 5.92 Å². The van der Waals surface area contributed by atoms with Crippen molar-refractivity contribution < 1.29 is 9.52 Å².